The van der Waals surface area contributed by atoms with Crippen molar-refractivity contribution in [2.45, 2.75) is 18.9 Å². The zero-order chi connectivity index (χ0) is 13.9. The lowest BCUT2D eigenvalue weighted by Gasteiger charge is -2.10. The van der Waals surface area contributed by atoms with Crippen LogP contribution in [0.4, 0.5) is 0 Å². The molecule has 2 aromatic rings. The summed E-state index contributed by atoms with van der Waals surface area (Å²) in [4.78, 5) is 16.3. The highest BCUT2D eigenvalue weighted by molar-refractivity contribution is 6.05. The van der Waals surface area contributed by atoms with E-state index >= 15 is 0 Å². The van der Waals surface area contributed by atoms with Crippen LogP contribution >= 0.6 is 0 Å². The number of hydrogen-bond donors (Lipinski definition) is 1. The summed E-state index contributed by atoms with van der Waals surface area (Å²) in [6.07, 6.45) is 1.85. The molecular weight excluding hydrogens is 248 g/mol. The number of aliphatic imine (C=N–C) groups is 1. The molecule has 0 saturated carbocycles. The molecule has 0 fully saturated rings. The molecule has 0 saturated heterocycles. The van der Waals surface area contributed by atoms with Crippen molar-refractivity contribution in [2.24, 2.45) is 10.7 Å². The third-order valence-corrected chi connectivity index (χ3v) is 3.63. The normalized spacial score (nSPS) is 16.9. The van der Waals surface area contributed by atoms with E-state index in [2.05, 4.69) is 17.1 Å². The third kappa shape index (κ3) is 2.35. The van der Waals surface area contributed by atoms with Gasteiger partial charge in [0.1, 0.15) is 0 Å². The van der Waals surface area contributed by atoms with Gasteiger partial charge in [0, 0.05) is 5.71 Å². The minimum absolute atomic E-state index is 0.409. The molecule has 3 heteroatoms. The van der Waals surface area contributed by atoms with E-state index in [9.17, 15) is 4.79 Å². The zero-order valence-corrected chi connectivity index (χ0v) is 11.1. The molecule has 0 aliphatic heterocycles. The van der Waals surface area contributed by atoms with Crippen LogP contribution in [0, 0.1) is 0 Å². The van der Waals surface area contributed by atoms with Crippen LogP contribution in [0.2, 0.25) is 0 Å². The maximum absolute atomic E-state index is 11.7. The molecule has 1 amide bonds. The first-order chi connectivity index (χ1) is 9.75. The van der Waals surface area contributed by atoms with E-state index in [0.717, 1.165) is 29.7 Å². The number of carbonyl (C=O) groups is 1. The van der Waals surface area contributed by atoms with Gasteiger partial charge in [-0.25, -0.2) is 0 Å². The third-order valence-electron chi connectivity index (χ3n) is 3.63. The molecule has 0 spiro atoms. The first-order valence-electron chi connectivity index (χ1n) is 6.75. The summed E-state index contributed by atoms with van der Waals surface area (Å²) in [5, 5.41) is 0. The molecule has 2 aromatic carbocycles. The van der Waals surface area contributed by atoms with Crippen molar-refractivity contribution < 1.29 is 4.79 Å². The molecule has 0 bridgehead atoms. The lowest BCUT2D eigenvalue weighted by Crippen LogP contribution is -2.21. The Bertz CT molecular complexity index is 662. The number of primary amides is 1. The van der Waals surface area contributed by atoms with Crippen LogP contribution in [0.5, 0.6) is 0 Å². The number of aryl methyl sites for hydroxylation is 1. The minimum atomic E-state index is -0.600. The van der Waals surface area contributed by atoms with E-state index in [1.165, 1.54) is 5.56 Å². The van der Waals surface area contributed by atoms with E-state index in [1.807, 2.05) is 42.5 Å². The van der Waals surface area contributed by atoms with Gasteiger partial charge in [-0.1, -0.05) is 54.6 Å². The summed E-state index contributed by atoms with van der Waals surface area (Å²) in [6.45, 7) is 0. The van der Waals surface area contributed by atoms with Crippen LogP contribution in [-0.2, 0) is 11.2 Å². The Morgan fingerprint density at radius 2 is 1.70 bits per heavy atom. The highest BCUT2D eigenvalue weighted by Crippen LogP contribution is 2.26. The molecule has 0 unspecified atom stereocenters. The molecule has 0 heterocycles. The fourth-order valence-electron chi connectivity index (χ4n) is 2.64. The number of hydrogen-bond acceptors (Lipinski definition) is 2. The highest BCUT2D eigenvalue weighted by Gasteiger charge is 2.22. The van der Waals surface area contributed by atoms with E-state index in [-0.39, 0.29) is 0 Å². The summed E-state index contributed by atoms with van der Waals surface area (Å²) in [6, 6.07) is 17.1. The largest absolute Gasteiger partial charge is 0.368 e. The predicted molar refractivity (Wildman–Crippen MR) is 79.7 cm³/mol. The molecule has 3 rings (SSSR count). The molecule has 1 atom stereocenters. The van der Waals surface area contributed by atoms with Gasteiger partial charge in [0.2, 0.25) is 5.91 Å². The average Bonchev–Trinajstić information content (AvgIpc) is 2.88. The topological polar surface area (TPSA) is 55.5 Å². The Hall–Kier alpha value is -2.42. The molecule has 20 heavy (non-hydrogen) atoms. The fraction of sp³-hybridized carbons (Fsp3) is 0.176. The number of nitrogens with two attached hydrogens (primary N) is 1. The standard InChI is InChI=1S/C17H16N2O/c18-17(20)16(13-7-2-1-3-8-13)19-15-11-10-12-6-4-5-9-14(12)15/h1-9,16H,10-11H2,(H2,18,20)/b19-15+/t16-/m1/s1. The summed E-state index contributed by atoms with van der Waals surface area (Å²) in [5.41, 5.74) is 9.79. The lowest BCUT2D eigenvalue weighted by molar-refractivity contribution is -0.119. The molecule has 1 aliphatic carbocycles. The molecule has 100 valence electrons. The average molecular weight is 264 g/mol. The molecule has 1 aliphatic rings. The summed E-state index contributed by atoms with van der Waals surface area (Å²) < 4.78 is 0. The Labute approximate surface area is 118 Å². The molecule has 2 N–H and O–H groups in total. The van der Waals surface area contributed by atoms with Crippen LogP contribution in [0.3, 0.4) is 0 Å². The van der Waals surface area contributed by atoms with E-state index < -0.39 is 11.9 Å². The maximum Gasteiger partial charge on any atom is 0.246 e. The quantitative estimate of drug-likeness (QED) is 0.910. The number of benzene rings is 2. The zero-order valence-electron chi connectivity index (χ0n) is 11.1. The second-order valence-electron chi connectivity index (χ2n) is 4.95. The monoisotopic (exact) mass is 264 g/mol. The Morgan fingerprint density at radius 3 is 2.45 bits per heavy atom. The van der Waals surface area contributed by atoms with Gasteiger partial charge in [-0.2, -0.15) is 0 Å². The minimum Gasteiger partial charge on any atom is -0.368 e. The van der Waals surface area contributed by atoms with Gasteiger partial charge in [0.05, 0.1) is 0 Å². The van der Waals surface area contributed by atoms with Crippen molar-refractivity contribution in [1.29, 1.82) is 0 Å². The molecule has 3 nitrogen and oxygen atoms in total. The van der Waals surface area contributed by atoms with E-state index in [0.29, 0.717) is 0 Å². The lowest BCUT2D eigenvalue weighted by atomic mass is 10.1. The number of rotatable bonds is 3. The highest BCUT2D eigenvalue weighted by atomic mass is 16.1. The number of amides is 1. The first kappa shape index (κ1) is 12.6. The van der Waals surface area contributed by atoms with Crippen molar-refractivity contribution in [3.63, 3.8) is 0 Å². The van der Waals surface area contributed by atoms with E-state index in [1.54, 1.807) is 0 Å². The van der Waals surface area contributed by atoms with Crippen LogP contribution in [0.15, 0.2) is 59.6 Å². The summed E-state index contributed by atoms with van der Waals surface area (Å²) >= 11 is 0. The van der Waals surface area contributed by atoms with Crippen LogP contribution in [0.25, 0.3) is 0 Å². The SMILES string of the molecule is NC(=O)[C@H](/N=C1\CCc2ccccc21)c1ccccc1. The van der Waals surface area contributed by atoms with Crippen LogP contribution < -0.4 is 5.73 Å². The summed E-state index contributed by atoms with van der Waals surface area (Å²) in [5.74, 6) is -0.409. The van der Waals surface area contributed by atoms with Crippen molar-refractivity contribution in [1.82, 2.24) is 0 Å². The number of carbonyl (C=O) groups excluding carboxylic acids is 1. The maximum atomic E-state index is 11.7. The molecule has 0 radical (unpaired) electrons. The van der Waals surface area contributed by atoms with E-state index in [4.69, 9.17) is 5.73 Å². The predicted octanol–water partition coefficient (Wildman–Crippen LogP) is 2.65. The molecule has 0 aromatic heterocycles. The number of nitrogens with zero attached hydrogens (tertiary/aromatic N) is 1. The summed E-state index contributed by atoms with van der Waals surface area (Å²) in [7, 11) is 0. The fourth-order valence-corrected chi connectivity index (χ4v) is 2.64. The first-order valence-corrected chi connectivity index (χ1v) is 6.75. The smallest absolute Gasteiger partial charge is 0.246 e. The Morgan fingerprint density at radius 1 is 1.00 bits per heavy atom. The van der Waals surface area contributed by atoms with Gasteiger partial charge in [-0.3, -0.25) is 9.79 Å². The number of fused-ring (bicyclic) bond motifs is 1. The van der Waals surface area contributed by atoms with Crippen molar-refractivity contribution in [3.8, 4) is 0 Å². The van der Waals surface area contributed by atoms with Crippen LogP contribution in [0.1, 0.15) is 29.2 Å². The van der Waals surface area contributed by atoms with Gasteiger partial charge in [-0.15, -0.1) is 0 Å². The van der Waals surface area contributed by atoms with Gasteiger partial charge < -0.3 is 5.73 Å². The second kappa shape index (κ2) is 5.29. The van der Waals surface area contributed by atoms with Crippen LogP contribution in [-0.4, -0.2) is 11.6 Å². The van der Waals surface area contributed by atoms with Gasteiger partial charge in [0.15, 0.2) is 6.04 Å². The van der Waals surface area contributed by atoms with Gasteiger partial charge in [-0.05, 0) is 29.5 Å². The van der Waals surface area contributed by atoms with Crippen molar-refractivity contribution in [3.05, 3.63) is 71.3 Å². The Kier molecular flexibility index (Phi) is 3.33. The molecular formula is C17H16N2O. The van der Waals surface area contributed by atoms with Gasteiger partial charge in [0.25, 0.3) is 0 Å². The van der Waals surface area contributed by atoms with Crippen molar-refractivity contribution >= 4 is 11.6 Å². The Balaban J connectivity index is 2.00. The second-order valence-corrected chi connectivity index (χ2v) is 4.95. The van der Waals surface area contributed by atoms with Gasteiger partial charge >= 0.3 is 0 Å². The van der Waals surface area contributed by atoms with Crippen molar-refractivity contribution in [2.75, 3.05) is 0 Å².